The number of piperidine rings is 1. The molecule has 0 bridgehead atoms. The van der Waals surface area contributed by atoms with Crippen molar-refractivity contribution >= 4 is 24.2 Å². The van der Waals surface area contributed by atoms with E-state index in [4.69, 9.17) is 0 Å². The van der Waals surface area contributed by atoms with Crippen molar-refractivity contribution in [2.45, 2.75) is 56.4 Å². The first-order valence-corrected chi connectivity index (χ1v) is 10.7. The van der Waals surface area contributed by atoms with Crippen LogP contribution < -0.4 is 5.32 Å². The molecule has 2 heterocycles. The second-order valence-electron chi connectivity index (χ2n) is 8.46. The monoisotopic (exact) mass is 423 g/mol. The van der Waals surface area contributed by atoms with Crippen molar-refractivity contribution in [3.05, 3.63) is 35.6 Å². The highest BCUT2D eigenvalue weighted by Gasteiger charge is 2.45. The van der Waals surface area contributed by atoms with Gasteiger partial charge in [-0.05, 0) is 43.4 Å². The Hall–Kier alpha value is -1.66. The molecular formula is C22H31ClFN3O2. The number of likely N-dealkylation sites (tertiary alicyclic amines) is 1. The number of amides is 2. The number of halogens is 2. The summed E-state index contributed by atoms with van der Waals surface area (Å²) in [5.41, 5.74) is 0.202. The van der Waals surface area contributed by atoms with E-state index in [1.54, 1.807) is 12.1 Å². The van der Waals surface area contributed by atoms with E-state index in [0.717, 1.165) is 63.6 Å². The lowest BCUT2D eigenvalue weighted by molar-refractivity contribution is -0.145. The minimum atomic E-state index is -0.615. The molecule has 29 heavy (non-hydrogen) atoms. The second-order valence-corrected chi connectivity index (χ2v) is 8.46. The van der Waals surface area contributed by atoms with Crippen molar-refractivity contribution in [2.24, 2.45) is 0 Å². The van der Waals surface area contributed by atoms with Crippen LogP contribution in [0.4, 0.5) is 4.39 Å². The summed E-state index contributed by atoms with van der Waals surface area (Å²) in [4.78, 5) is 30.0. The molecule has 1 aromatic rings. The first-order valence-electron chi connectivity index (χ1n) is 10.7. The molecule has 5 nitrogen and oxygen atoms in total. The van der Waals surface area contributed by atoms with Crippen LogP contribution in [0, 0.1) is 5.82 Å². The van der Waals surface area contributed by atoms with Gasteiger partial charge in [-0.3, -0.25) is 9.59 Å². The number of rotatable bonds is 3. The number of hydrogen-bond acceptors (Lipinski definition) is 3. The van der Waals surface area contributed by atoms with E-state index < -0.39 is 5.41 Å². The van der Waals surface area contributed by atoms with Gasteiger partial charge in [0, 0.05) is 32.2 Å². The van der Waals surface area contributed by atoms with Crippen LogP contribution in [-0.2, 0) is 15.0 Å². The van der Waals surface area contributed by atoms with Crippen molar-refractivity contribution in [1.29, 1.82) is 0 Å². The molecule has 0 aromatic heterocycles. The van der Waals surface area contributed by atoms with E-state index in [1.807, 2.05) is 15.9 Å². The summed E-state index contributed by atoms with van der Waals surface area (Å²) >= 11 is 0. The lowest BCUT2D eigenvalue weighted by Crippen LogP contribution is -2.59. The third-order valence-electron chi connectivity index (χ3n) is 6.74. The van der Waals surface area contributed by atoms with E-state index >= 15 is 0 Å². The van der Waals surface area contributed by atoms with Crippen LogP contribution in [-0.4, -0.2) is 60.4 Å². The number of nitrogens with one attached hydrogen (secondary N) is 1. The molecule has 3 aliphatic rings. The number of carbonyl (C=O) groups is 2. The molecule has 1 N–H and O–H groups in total. The third kappa shape index (κ3) is 4.43. The van der Waals surface area contributed by atoms with Crippen LogP contribution in [0.3, 0.4) is 0 Å². The summed E-state index contributed by atoms with van der Waals surface area (Å²) in [6, 6.07) is 6.71. The van der Waals surface area contributed by atoms with Crippen molar-refractivity contribution in [2.75, 3.05) is 32.7 Å². The molecule has 1 unspecified atom stereocenters. The normalized spacial score (nSPS) is 24.7. The maximum absolute atomic E-state index is 14.0. The van der Waals surface area contributed by atoms with Crippen LogP contribution in [0.25, 0.3) is 0 Å². The van der Waals surface area contributed by atoms with Gasteiger partial charge in [-0.15, -0.1) is 12.4 Å². The number of benzene rings is 1. The van der Waals surface area contributed by atoms with Crippen LogP contribution in [0.1, 0.15) is 50.5 Å². The number of nitrogens with zero attached hydrogens (tertiary/aromatic N) is 2. The summed E-state index contributed by atoms with van der Waals surface area (Å²) in [6.07, 6.45) is 6.54. The number of hydrogen-bond donors (Lipinski definition) is 1. The molecule has 2 amide bonds. The van der Waals surface area contributed by atoms with E-state index in [2.05, 4.69) is 5.32 Å². The SMILES string of the molecule is Cl.O=C1CNCCN1C1CCCN(C(=O)C2(c3cccc(F)c3)CCCCC2)C1. The highest BCUT2D eigenvalue weighted by Crippen LogP contribution is 2.42. The molecule has 2 aliphatic heterocycles. The molecule has 0 radical (unpaired) electrons. The Morgan fingerprint density at radius 2 is 1.93 bits per heavy atom. The minimum Gasteiger partial charge on any atom is -0.340 e. The van der Waals surface area contributed by atoms with Crippen molar-refractivity contribution in [1.82, 2.24) is 15.1 Å². The molecule has 1 aliphatic carbocycles. The zero-order chi connectivity index (χ0) is 19.6. The van der Waals surface area contributed by atoms with Crippen LogP contribution >= 0.6 is 12.4 Å². The van der Waals surface area contributed by atoms with Gasteiger partial charge in [0.25, 0.3) is 0 Å². The highest BCUT2D eigenvalue weighted by atomic mass is 35.5. The van der Waals surface area contributed by atoms with Gasteiger partial charge < -0.3 is 15.1 Å². The first-order chi connectivity index (χ1) is 13.6. The molecule has 3 fully saturated rings. The molecule has 160 valence electrons. The van der Waals surface area contributed by atoms with Gasteiger partial charge in [-0.1, -0.05) is 31.4 Å². The number of carbonyl (C=O) groups excluding carboxylic acids is 2. The Morgan fingerprint density at radius 3 is 2.66 bits per heavy atom. The van der Waals surface area contributed by atoms with Gasteiger partial charge in [-0.25, -0.2) is 4.39 Å². The average Bonchev–Trinajstić information content (AvgIpc) is 2.74. The molecule has 0 spiro atoms. The highest BCUT2D eigenvalue weighted by molar-refractivity contribution is 5.88. The van der Waals surface area contributed by atoms with Crippen molar-refractivity contribution in [3.8, 4) is 0 Å². The summed E-state index contributed by atoms with van der Waals surface area (Å²) in [5.74, 6) is -0.0219. The van der Waals surface area contributed by atoms with E-state index in [9.17, 15) is 14.0 Å². The standard InChI is InChI=1S/C22H30FN3O2.ClH/c23-18-7-4-6-17(14-18)22(9-2-1-3-10-22)21(28)25-12-5-8-19(16-25)26-13-11-24-15-20(26)27;/h4,6-7,14,19,24H,1-3,5,8-13,15-16H2;1H. The van der Waals surface area contributed by atoms with Crippen LogP contribution in [0.15, 0.2) is 24.3 Å². The fourth-order valence-electron chi connectivity index (χ4n) is 5.27. The van der Waals surface area contributed by atoms with Gasteiger partial charge in [-0.2, -0.15) is 0 Å². The Morgan fingerprint density at radius 1 is 1.14 bits per heavy atom. The third-order valence-corrected chi connectivity index (χ3v) is 6.74. The maximum Gasteiger partial charge on any atom is 0.236 e. The Kier molecular flexibility index (Phi) is 7.17. The summed E-state index contributed by atoms with van der Waals surface area (Å²) in [6.45, 7) is 3.23. The van der Waals surface area contributed by atoms with Crippen molar-refractivity contribution in [3.63, 3.8) is 0 Å². The van der Waals surface area contributed by atoms with Gasteiger partial charge in [0.1, 0.15) is 5.82 Å². The summed E-state index contributed by atoms with van der Waals surface area (Å²) in [7, 11) is 0. The van der Waals surface area contributed by atoms with Gasteiger partial charge in [0.15, 0.2) is 0 Å². The summed E-state index contributed by atoms with van der Waals surface area (Å²) < 4.78 is 14.0. The van der Waals surface area contributed by atoms with E-state index in [-0.39, 0.29) is 36.1 Å². The largest absolute Gasteiger partial charge is 0.340 e. The van der Waals surface area contributed by atoms with Crippen molar-refractivity contribution < 1.29 is 14.0 Å². The molecule has 4 rings (SSSR count). The molecular weight excluding hydrogens is 393 g/mol. The van der Waals surface area contributed by atoms with E-state index in [0.29, 0.717) is 19.6 Å². The molecule has 7 heteroatoms. The molecule has 1 saturated carbocycles. The maximum atomic E-state index is 14.0. The Balaban J connectivity index is 0.00000240. The van der Waals surface area contributed by atoms with Gasteiger partial charge in [0.05, 0.1) is 12.0 Å². The van der Waals surface area contributed by atoms with Crippen LogP contribution in [0.5, 0.6) is 0 Å². The first kappa shape index (κ1) is 22.0. The van der Waals surface area contributed by atoms with Gasteiger partial charge in [0.2, 0.25) is 11.8 Å². The lowest BCUT2D eigenvalue weighted by atomic mass is 9.68. The van der Waals surface area contributed by atoms with Crippen LogP contribution in [0.2, 0.25) is 0 Å². The number of piperazine rings is 1. The Labute approximate surface area is 178 Å². The molecule has 2 saturated heterocycles. The predicted octanol–water partition coefficient (Wildman–Crippen LogP) is 2.87. The Bertz CT molecular complexity index is 739. The quantitative estimate of drug-likeness (QED) is 0.813. The minimum absolute atomic E-state index is 0. The average molecular weight is 424 g/mol. The fraction of sp³-hybridized carbons (Fsp3) is 0.636. The smallest absolute Gasteiger partial charge is 0.236 e. The lowest BCUT2D eigenvalue weighted by Gasteiger charge is -2.45. The molecule has 1 atom stereocenters. The second kappa shape index (κ2) is 9.43. The van der Waals surface area contributed by atoms with E-state index in [1.165, 1.54) is 6.07 Å². The topological polar surface area (TPSA) is 52.7 Å². The fourth-order valence-corrected chi connectivity index (χ4v) is 5.27. The zero-order valence-electron chi connectivity index (χ0n) is 16.9. The van der Waals surface area contributed by atoms with Gasteiger partial charge >= 0.3 is 0 Å². The summed E-state index contributed by atoms with van der Waals surface area (Å²) in [5, 5.41) is 3.11. The predicted molar refractivity (Wildman–Crippen MR) is 113 cm³/mol. The molecule has 1 aromatic carbocycles. The zero-order valence-corrected chi connectivity index (χ0v) is 17.7.